The fraction of sp³-hybridized carbons (Fsp3) is 0.536. The van der Waals surface area contributed by atoms with Crippen molar-refractivity contribution in [1.82, 2.24) is 14.9 Å². The van der Waals surface area contributed by atoms with Crippen LogP contribution in [-0.2, 0) is 12.8 Å². The molecule has 1 saturated carbocycles. The first-order valence-electron chi connectivity index (χ1n) is 13.5. The SMILES string of the molecule is O=C(c1ccc2c(c1)OCO2)N1CCN(c2nc(C3CCCCC3)nc3sc4c(c23)CCCC4)CC1. The minimum absolute atomic E-state index is 0.0524. The fourth-order valence-corrected chi connectivity index (χ4v) is 7.52. The standard InChI is InChI=1S/C28H32N4O3S/c33-28(19-10-11-21-22(16-19)35-17-34-21)32-14-12-31(13-15-32)26-24-20-8-4-5-9-23(20)36-27(24)30-25(29-26)18-6-2-1-3-7-18/h10-11,16,18H,1-9,12-15,17H2. The van der Waals surface area contributed by atoms with Crippen molar-refractivity contribution in [3.05, 3.63) is 40.0 Å². The highest BCUT2D eigenvalue weighted by Gasteiger charge is 2.30. The zero-order valence-electron chi connectivity index (χ0n) is 20.6. The molecule has 2 aliphatic carbocycles. The predicted molar refractivity (Wildman–Crippen MR) is 141 cm³/mol. The van der Waals surface area contributed by atoms with Crippen LogP contribution in [0, 0.1) is 0 Å². The van der Waals surface area contributed by atoms with Crippen LogP contribution in [0.1, 0.15) is 77.5 Å². The van der Waals surface area contributed by atoms with Gasteiger partial charge in [-0.1, -0.05) is 19.3 Å². The van der Waals surface area contributed by atoms with Gasteiger partial charge in [0.05, 0.1) is 5.39 Å². The average molecular weight is 505 g/mol. The van der Waals surface area contributed by atoms with Crippen LogP contribution in [0.25, 0.3) is 10.2 Å². The van der Waals surface area contributed by atoms with Gasteiger partial charge in [0.1, 0.15) is 16.5 Å². The number of aromatic nitrogens is 2. The molecule has 36 heavy (non-hydrogen) atoms. The van der Waals surface area contributed by atoms with Crippen molar-refractivity contribution in [3.8, 4) is 11.5 Å². The summed E-state index contributed by atoms with van der Waals surface area (Å²) in [6.07, 6.45) is 11.1. The molecular weight excluding hydrogens is 472 g/mol. The van der Waals surface area contributed by atoms with Crippen LogP contribution < -0.4 is 14.4 Å². The molecule has 4 aliphatic rings. The molecule has 2 fully saturated rings. The Kier molecular flexibility index (Phi) is 5.72. The van der Waals surface area contributed by atoms with E-state index < -0.39 is 0 Å². The first kappa shape index (κ1) is 22.3. The van der Waals surface area contributed by atoms with Crippen molar-refractivity contribution in [3.63, 3.8) is 0 Å². The molecule has 2 aliphatic heterocycles. The van der Waals surface area contributed by atoms with Crippen LogP contribution in [0.4, 0.5) is 5.82 Å². The Labute approximate surface area is 215 Å². The maximum atomic E-state index is 13.3. The minimum Gasteiger partial charge on any atom is -0.454 e. The summed E-state index contributed by atoms with van der Waals surface area (Å²) in [6, 6.07) is 5.47. The Morgan fingerprint density at radius 1 is 0.917 bits per heavy atom. The molecule has 1 aromatic carbocycles. The number of fused-ring (bicyclic) bond motifs is 4. The van der Waals surface area contributed by atoms with Crippen LogP contribution in [0.2, 0.25) is 0 Å². The van der Waals surface area contributed by atoms with Crippen LogP contribution >= 0.6 is 11.3 Å². The number of anilines is 1. The number of hydrogen-bond donors (Lipinski definition) is 0. The van der Waals surface area contributed by atoms with Gasteiger partial charge in [-0.05, 0) is 62.3 Å². The zero-order chi connectivity index (χ0) is 24.1. The quantitative estimate of drug-likeness (QED) is 0.482. The van der Waals surface area contributed by atoms with Crippen molar-refractivity contribution >= 4 is 33.3 Å². The van der Waals surface area contributed by atoms with Crippen molar-refractivity contribution in [2.24, 2.45) is 0 Å². The molecule has 0 unspecified atom stereocenters. The van der Waals surface area contributed by atoms with Gasteiger partial charge in [0.25, 0.3) is 5.91 Å². The summed E-state index contributed by atoms with van der Waals surface area (Å²) < 4.78 is 10.9. The van der Waals surface area contributed by atoms with Crippen molar-refractivity contribution in [2.75, 3.05) is 37.9 Å². The lowest BCUT2D eigenvalue weighted by atomic mass is 9.88. The van der Waals surface area contributed by atoms with Gasteiger partial charge in [-0.25, -0.2) is 9.97 Å². The van der Waals surface area contributed by atoms with Gasteiger partial charge in [0.15, 0.2) is 11.5 Å². The Morgan fingerprint density at radius 2 is 1.72 bits per heavy atom. The zero-order valence-corrected chi connectivity index (χ0v) is 21.4. The summed E-state index contributed by atoms with van der Waals surface area (Å²) >= 11 is 1.90. The molecule has 8 heteroatoms. The molecule has 0 N–H and O–H groups in total. The number of amides is 1. The lowest BCUT2D eigenvalue weighted by Gasteiger charge is -2.36. The molecule has 2 aromatic heterocycles. The highest BCUT2D eigenvalue weighted by atomic mass is 32.1. The summed E-state index contributed by atoms with van der Waals surface area (Å²) in [5.41, 5.74) is 2.15. The number of nitrogens with zero attached hydrogens (tertiary/aromatic N) is 4. The molecular formula is C28H32N4O3S. The van der Waals surface area contributed by atoms with E-state index >= 15 is 0 Å². The summed E-state index contributed by atoms with van der Waals surface area (Å²) in [5.74, 6) is 4.06. The van der Waals surface area contributed by atoms with Gasteiger partial charge in [-0.2, -0.15) is 0 Å². The number of carbonyl (C=O) groups is 1. The fourth-order valence-electron chi connectivity index (χ4n) is 6.26. The average Bonchev–Trinajstić information content (AvgIpc) is 3.57. The highest BCUT2D eigenvalue weighted by molar-refractivity contribution is 7.19. The Hall–Kier alpha value is -2.87. The summed E-state index contributed by atoms with van der Waals surface area (Å²) in [5, 5.41) is 1.30. The van der Waals surface area contributed by atoms with Gasteiger partial charge >= 0.3 is 0 Å². The third-order valence-corrected chi connectivity index (χ3v) is 9.45. The van der Waals surface area contributed by atoms with Gasteiger partial charge < -0.3 is 19.3 Å². The minimum atomic E-state index is 0.0524. The van der Waals surface area contributed by atoms with E-state index in [1.165, 1.54) is 72.0 Å². The molecule has 0 atom stereocenters. The number of rotatable bonds is 3. The third kappa shape index (κ3) is 3.90. The second-order valence-corrected chi connectivity index (χ2v) is 11.6. The maximum Gasteiger partial charge on any atom is 0.254 e. The number of piperazine rings is 1. The molecule has 0 bridgehead atoms. The summed E-state index contributed by atoms with van der Waals surface area (Å²) in [7, 11) is 0. The van der Waals surface area contributed by atoms with E-state index in [0.717, 1.165) is 31.2 Å². The highest BCUT2D eigenvalue weighted by Crippen LogP contribution is 2.42. The predicted octanol–water partition coefficient (Wildman–Crippen LogP) is 5.31. The Morgan fingerprint density at radius 3 is 2.58 bits per heavy atom. The van der Waals surface area contributed by atoms with E-state index in [1.54, 1.807) is 6.07 Å². The van der Waals surface area contributed by atoms with Crippen LogP contribution in [0.5, 0.6) is 11.5 Å². The smallest absolute Gasteiger partial charge is 0.254 e. The number of thiophene rings is 1. The first-order valence-corrected chi connectivity index (χ1v) is 14.3. The van der Waals surface area contributed by atoms with Gasteiger partial charge in [-0.3, -0.25) is 4.79 Å². The normalized spacial score (nSPS) is 20.1. The van der Waals surface area contributed by atoms with Crippen LogP contribution in [-0.4, -0.2) is 53.7 Å². The van der Waals surface area contributed by atoms with Gasteiger partial charge in [0, 0.05) is 42.5 Å². The monoisotopic (exact) mass is 504 g/mol. The van der Waals surface area contributed by atoms with E-state index in [9.17, 15) is 4.79 Å². The van der Waals surface area contributed by atoms with Crippen molar-refractivity contribution < 1.29 is 14.3 Å². The summed E-state index contributed by atoms with van der Waals surface area (Å²) in [4.78, 5) is 30.8. The summed E-state index contributed by atoms with van der Waals surface area (Å²) in [6.45, 7) is 3.16. The topological polar surface area (TPSA) is 67.8 Å². The molecule has 7 nitrogen and oxygen atoms in total. The lowest BCUT2D eigenvalue weighted by Crippen LogP contribution is -2.49. The molecule has 0 radical (unpaired) electrons. The Bertz CT molecular complexity index is 1310. The molecule has 1 amide bonds. The van der Waals surface area contributed by atoms with Crippen LogP contribution in [0.15, 0.2) is 18.2 Å². The van der Waals surface area contributed by atoms with E-state index in [0.29, 0.717) is 36.1 Å². The van der Waals surface area contributed by atoms with E-state index in [-0.39, 0.29) is 12.7 Å². The third-order valence-electron chi connectivity index (χ3n) is 8.27. The molecule has 1 saturated heterocycles. The lowest BCUT2D eigenvalue weighted by molar-refractivity contribution is 0.0746. The first-order chi connectivity index (χ1) is 17.7. The Balaban J connectivity index is 1.17. The second kappa shape index (κ2) is 9.21. The number of ether oxygens (including phenoxy) is 2. The molecule has 4 heterocycles. The van der Waals surface area contributed by atoms with Crippen molar-refractivity contribution in [1.29, 1.82) is 0 Å². The molecule has 0 spiro atoms. The molecule has 188 valence electrons. The number of carbonyl (C=O) groups excluding carboxylic acids is 1. The number of aryl methyl sites for hydroxylation is 2. The van der Waals surface area contributed by atoms with E-state index in [2.05, 4.69) is 4.90 Å². The van der Waals surface area contributed by atoms with Crippen molar-refractivity contribution in [2.45, 2.75) is 63.7 Å². The number of hydrogen-bond acceptors (Lipinski definition) is 7. The van der Waals surface area contributed by atoms with Crippen LogP contribution in [0.3, 0.4) is 0 Å². The number of benzene rings is 1. The molecule has 3 aromatic rings. The second-order valence-electron chi connectivity index (χ2n) is 10.5. The van der Waals surface area contributed by atoms with E-state index in [1.807, 2.05) is 28.4 Å². The van der Waals surface area contributed by atoms with Gasteiger partial charge in [0.2, 0.25) is 6.79 Å². The maximum absolute atomic E-state index is 13.3. The van der Waals surface area contributed by atoms with Gasteiger partial charge in [-0.15, -0.1) is 11.3 Å². The molecule has 7 rings (SSSR count). The van der Waals surface area contributed by atoms with E-state index in [4.69, 9.17) is 19.4 Å². The largest absolute Gasteiger partial charge is 0.454 e.